The lowest BCUT2D eigenvalue weighted by Gasteiger charge is -2.45. The van der Waals surface area contributed by atoms with Gasteiger partial charge >= 0.3 is 0 Å². The average Bonchev–Trinajstić information content (AvgIpc) is 2.75. The Kier molecular flexibility index (Phi) is 4.99. The van der Waals surface area contributed by atoms with Crippen molar-refractivity contribution in [3.05, 3.63) is 5.82 Å². The van der Waals surface area contributed by atoms with E-state index in [0.717, 1.165) is 25.5 Å². The molecule has 2 unspecified atom stereocenters. The molecule has 1 aromatic heterocycles. The molecule has 1 fully saturated rings. The zero-order chi connectivity index (χ0) is 15.6. The van der Waals surface area contributed by atoms with Crippen molar-refractivity contribution in [3.8, 4) is 0 Å². The molecule has 1 aromatic rings. The van der Waals surface area contributed by atoms with Crippen LogP contribution in [-0.4, -0.2) is 50.3 Å². The Morgan fingerprint density at radius 3 is 2.57 bits per heavy atom. The second-order valence-corrected chi connectivity index (χ2v) is 7.73. The smallest absolute Gasteiger partial charge is 0.188 e. The minimum Gasteiger partial charge on any atom is -0.311 e. The first-order chi connectivity index (χ1) is 9.75. The standard InChI is InChI=1S/C15H30N6/c1-11(2)7-12-8-16-13(15(3,4)5)9-21(12)10-14-17-19-20(6)18-14/h11-13,16H,7-10H2,1-6H3. The number of hydrogen-bond acceptors (Lipinski definition) is 5. The van der Waals surface area contributed by atoms with Crippen molar-refractivity contribution in [2.75, 3.05) is 13.1 Å². The minimum absolute atomic E-state index is 0.261. The largest absolute Gasteiger partial charge is 0.311 e. The third-order valence-corrected chi connectivity index (χ3v) is 4.22. The molecular formula is C15H30N6. The highest BCUT2D eigenvalue weighted by Gasteiger charge is 2.34. The summed E-state index contributed by atoms with van der Waals surface area (Å²) < 4.78 is 0. The molecule has 1 N–H and O–H groups in total. The molecule has 1 aliphatic heterocycles. The number of tetrazole rings is 1. The van der Waals surface area contributed by atoms with E-state index in [4.69, 9.17) is 0 Å². The van der Waals surface area contributed by atoms with Crippen LogP contribution in [0.25, 0.3) is 0 Å². The molecule has 0 amide bonds. The van der Waals surface area contributed by atoms with Crippen LogP contribution >= 0.6 is 0 Å². The molecule has 2 atom stereocenters. The predicted octanol–water partition coefficient (Wildman–Crippen LogP) is 1.44. The topological polar surface area (TPSA) is 58.9 Å². The van der Waals surface area contributed by atoms with Crippen LogP contribution in [0.1, 0.15) is 46.9 Å². The van der Waals surface area contributed by atoms with E-state index in [1.54, 1.807) is 0 Å². The molecule has 0 saturated carbocycles. The van der Waals surface area contributed by atoms with Crippen molar-refractivity contribution in [3.63, 3.8) is 0 Å². The fraction of sp³-hybridized carbons (Fsp3) is 0.933. The summed E-state index contributed by atoms with van der Waals surface area (Å²) in [5.74, 6) is 1.51. The van der Waals surface area contributed by atoms with Crippen LogP contribution < -0.4 is 5.32 Å². The van der Waals surface area contributed by atoms with E-state index in [2.05, 4.69) is 60.2 Å². The molecule has 6 nitrogen and oxygen atoms in total. The van der Waals surface area contributed by atoms with Gasteiger partial charge in [0.1, 0.15) is 0 Å². The van der Waals surface area contributed by atoms with Gasteiger partial charge in [-0.1, -0.05) is 34.6 Å². The monoisotopic (exact) mass is 294 g/mol. The van der Waals surface area contributed by atoms with Crippen LogP contribution in [0.3, 0.4) is 0 Å². The summed E-state index contributed by atoms with van der Waals surface area (Å²) in [7, 11) is 1.82. The molecule has 2 rings (SSSR count). The lowest BCUT2D eigenvalue weighted by Crippen LogP contribution is -2.60. The molecule has 1 aliphatic rings. The van der Waals surface area contributed by atoms with Gasteiger partial charge in [0, 0.05) is 25.2 Å². The maximum atomic E-state index is 4.34. The highest BCUT2D eigenvalue weighted by molar-refractivity contribution is 4.94. The SMILES string of the molecule is CC(C)CC1CNC(C(C)(C)C)CN1Cc1nnn(C)n1. The number of piperazine rings is 1. The number of nitrogens with one attached hydrogen (secondary N) is 1. The zero-order valence-corrected chi connectivity index (χ0v) is 14.3. The van der Waals surface area contributed by atoms with E-state index >= 15 is 0 Å². The van der Waals surface area contributed by atoms with Crippen LogP contribution in [0, 0.1) is 11.3 Å². The van der Waals surface area contributed by atoms with Gasteiger partial charge in [0.15, 0.2) is 5.82 Å². The second kappa shape index (κ2) is 6.40. The van der Waals surface area contributed by atoms with Gasteiger partial charge in [-0.05, 0) is 23.0 Å². The molecule has 120 valence electrons. The minimum atomic E-state index is 0.261. The molecule has 0 aromatic carbocycles. The Morgan fingerprint density at radius 1 is 1.33 bits per heavy atom. The Labute approximate surface area is 128 Å². The first-order valence-electron chi connectivity index (χ1n) is 7.96. The third-order valence-electron chi connectivity index (χ3n) is 4.22. The maximum absolute atomic E-state index is 4.34. The van der Waals surface area contributed by atoms with Crippen LogP contribution in [0.5, 0.6) is 0 Å². The summed E-state index contributed by atoms with van der Waals surface area (Å²) in [6.07, 6.45) is 1.20. The van der Waals surface area contributed by atoms with E-state index in [9.17, 15) is 0 Å². The molecule has 0 bridgehead atoms. The first-order valence-corrected chi connectivity index (χ1v) is 7.96. The molecule has 21 heavy (non-hydrogen) atoms. The van der Waals surface area contributed by atoms with Crippen LogP contribution in [-0.2, 0) is 13.6 Å². The summed E-state index contributed by atoms with van der Waals surface area (Å²) in [6.45, 7) is 14.3. The van der Waals surface area contributed by atoms with E-state index in [0.29, 0.717) is 18.0 Å². The summed E-state index contributed by atoms with van der Waals surface area (Å²) >= 11 is 0. The van der Waals surface area contributed by atoms with Gasteiger partial charge < -0.3 is 5.32 Å². The number of hydrogen-bond donors (Lipinski definition) is 1. The number of nitrogens with zero attached hydrogens (tertiary/aromatic N) is 5. The molecule has 2 heterocycles. The van der Waals surface area contributed by atoms with E-state index in [1.807, 2.05) is 7.05 Å². The molecule has 1 saturated heterocycles. The maximum Gasteiger partial charge on any atom is 0.188 e. The number of rotatable bonds is 4. The van der Waals surface area contributed by atoms with E-state index in [1.165, 1.54) is 11.2 Å². The number of aromatic nitrogens is 4. The second-order valence-electron chi connectivity index (χ2n) is 7.73. The molecule has 0 radical (unpaired) electrons. The van der Waals surface area contributed by atoms with Crippen LogP contribution in [0.4, 0.5) is 0 Å². The van der Waals surface area contributed by atoms with Crippen molar-refractivity contribution in [2.24, 2.45) is 18.4 Å². The Balaban J connectivity index is 2.08. The molecule has 0 spiro atoms. The van der Waals surface area contributed by atoms with Gasteiger partial charge in [-0.2, -0.15) is 4.80 Å². The van der Waals surface area contributed by atoms with Gasteiger partial charge in [0.25, 0.3) is 0 Å². The van der Waals surface area contributed by atoms with Crippen molar-refractivity contribution in [1.82, 2.24) is 30.4 Å². The normalized spacial score (nSPS) is 24.7. The van der Waals surface area contributed by atoms with Crippen molar-refractivity contribution >= 4 is 0 Å². The van der Waals surface area contributed by atoms with Crippen LogP contribution in [0.15, 0.2) is 0 Å². The average molecular weight is 294 g/mol. The lowest BCUT2D eigenvalue weighted by molar-refractivity contribution is 0.0670. The zero-order valence-electron chi connectivity index (χ0n) is 14.3. The molecular weight excluding hydrogens is 264 g/mol. The highest BCUT2D eigenvalue weighted by atomic mass is 15.6. The van der Waals surface area contributed by atoms with Gasteiger partial charge in [-0.25, -0.2) is 0 Å². The summed E-state index contributed by atoms with van der Waals surface area (Å²) in [5.41, 5.74) is 0.261. The van der Waals surface area contributed by atoms with Crippen molar-refractivity contribution in [2.45, 2.75) is 59.7 Å². The molecule has 0 aliphatic carbocycles. The fourth-order valence-electron chi connectivity index (χ4n) is 2.97. The van der Waals surface area contributed by atoms with Gasteiger partial charge in [0.05, 0.1) is 13.6 Å². The lowest BCUT2D eigenvalue weighted by atomic mass is 9.84. The molecule has 6 heteroatoms. The summed E-state index contributed by atoms with van der Waals surface area (Å²) in [5, 5.41) is 16.2. The van der Waals surface area contributed by atoms with Gasteiger partial charge in [0.2, 0.25) is 0 Å². The quantitative estimate of drug-likeness (QED) is 0.910. The summed E-state index contributed by atoms with van der Waals surface area (Å²) in [6, 6.07) is 1.05. The number of aryl methyl sites for hydroxylation is 1. The van der Waals surface area contributed by atoms with Crippen LogP contribution in [0.2, 0.25) is 0 Å². The Hall–Kier alpha value is -1.01. The highest BCUT2D eigenvalue weighted by Crippen LogP contribution is 2.26. The summed E-state index contributed by atoms with van der Waals surface area (Å²) in [4.78, 5) is 4.07. The third kappa shape index (κ3) is 4.48. The first kappa shape index (κ1) is 16.4. The Bertz CT molecular complexity index is 447. The van der Waals surface area contributed by atoms with E-state index in [-0.39, 0.29) is 5.41 Å². The van der Waals surface area contributed by atoms with Crippen molar-refractivity contribution < 1.29 is 0 Å². The predicted molar refractivity (Wildman–Crippen MR) is 83.7 cm³/mol. The van der Waals surface area contributed by atoms with Gasteiger partial charge in [-0.3, -0.25) is 4.90 Å². The van der Waals surface area contributed by atoms with Gasteiger partial charge in [-0.15, -0.1) is 10.2 Å². The van der Waals surface area contributed by atoms with Crippen molar-refractivity contribution in [1.29, 1.82) is 0 Å². The Morgan fingerprint density at radius 2 is 2.05 bits per heavy atom. The van der Waals surface area contributed by atoms with E-state index < -0.39 is 0 Å². The fourth-order valence-corrected chi connectivity index (χ4v) is 2.97.